The third-order valence-corrected chi connectivity index (χ3v) is 11.5. The Morgan fingerprint density at radius 1 is 1.02 bits per heavy atom. The molecule has 4 aliphatic rings. The first-order valence-corrected chi connectivity index (χ1v) is 18.8. The zero-order valence-electron chi connectivity index (χ0n) is 29.5. The number of aryl methyl sites for hydroxylation is 1. The Kier molecular flexibility index (Phi) is 9.65. The molecule has 4 aliphatic heterocycles. The predicted molar refractivity (Wildman–Crippen MR) is 196 cm³/mol. The smallest absolute Gasteiger partial charge is 0.337 e. The van der Waals surface area contributed by atoms with Crippen LogP contribution >= 0.6 is 11.3 Å². The number of hydrogen-bond donors (Lipinski definition) is 1. The summed E-state index contributed by atoms with van der Waals surface area (Å²) in [6.07, 6.45) is 9.86. The molecule has 8 bridgehead atoms. The second-order valence-corrected chi connectivity index (χ2v) is 16.0. The van der Waals surface area contributed by atoms with Gasteiger partial charge < -0.3 is 24.4 Å². The summed E-state index contributed by atoms with van der Waals surface area (Å²) >= 11 is 1.56. The predicted octanol–water partition coefficient (Wildman–Crippen LogP) is 8.40. The average molecular weight is 684 g/mol. The van der Waals surface area contributed by atoms with Crippen LogP contribution in [-0.4, -0.2) is 75.9 Å². The number of carboxylic acid groups (broad SMARTS) is 1. The molecule has 0 saturated carbocycles. The number of rotatable bonds is 3. The number of hydrogen-bond acceptors (Lipinski definition) is 9. The van der Waals surface area contributed by atoms with Crippen molar-refractivity contribution in [1.82, 2.24) is 19.9 Å². The van der Waals surface area contributed by atoms with Gasteiger partial charge in [-0.2, -0.15) is 0 Å². The van der Waals surface area contributed by atoms with Gasteiger partial charge in [-0.25, -0.2) is 19.7 Å². The number of fused-ring (bicyclic) bond motifs is 8. The SMILES string of the molecule is Cc1cc2nc3sc2c(c1C(OC(C)(C)C)C(=O)O)-c1ccc2c(c1)C(CCCCCCN(C)C1CCN(CC1)c1nccc-3n1)CCO2. The molecule has 2 atom stereocenters. The molecule has 1 saturated heterocycles. The Labute approximate surface area is 293 Å². The number of carboxylic acids is 1. The number of anilines is 1. The lowest BCUT2D eigenvalue weighted by molar-refractivity contribution is -0.160. The number of piperidine rings is 1. The van der Waals surface area contributed by atoms with Gasteiger partial charge in [0.05, 0.1) is 22.4 Å². The number of aliphatic carboxylic acids is 1. The Morgan fingerprint density at radius 3 is 2.59 bits per heavy atom. The highest BCUT2D eigenvalue weighted by Crippen LogP contribution is 2.47. The normalized spacial score (nSPS) is 21.2. The molecule has 8 rings (SSSR count). The second-order valence-electron chi connectivity index (χ2n) is 15.0. The molecule has 10 heteroatoms. The molecule has 0 spiro atoms. The van der Waals surface area contributed by atoms with Gasteiger partial charge in [-0.1, -0.05) is 25.3 Å². The highest BCUT2D eigenvalue weighted by atomic mass is 32.1. The fourth-order valence-electron chi connectivity index (χ4n) is 7.87. The maximum absolute atomic E-state index is 13.0. The summed E-state index contributed by atoms with van der Waals surface area (Å²) in [5.41, 5.74) is 5.48. The molecule has 260 valence electrons. The average Bonchev–Trinajstić information content (AvgIpc) is 3.51. The third kappa shape index (κ3) is 7.19. The highest BCUT2D eigenvalue weighted by Gasteiger charge is 2.33. The number of aromatic nitrogens is 3. The first kappa shape index (κ1) is 33.9. The van der Waals surface area contributed by atoms with E-state index < -0.39 is 17.7 Å². The maximum atomic E-state index is 13.0. The molecule has 2 aromatic carbocycles. The quantitative estimate of drug-likeness (QED) is 0.228. The number of nitrogens with zero attached hydrogens (tertiary/aromatic N) is 5. The van der Waals surface area contributed by atoms with Crippen molar-refractivity contribution in [2.45, 2.75) is 103 Å². The second kappa shape index (κ2) is 14.0. The lowest BCUT2D eigenvalue weighted by Crippen LogP contribution is -2.44. The summed E-state index contributed by atoms with van der Waals surface area (Å²) in [6, 6.07) is 10.9. The van der Waals surface area contributed by atoms with E-state index in [9.17, 15) is 9.90 Å². The summed E-state index contributed by atoms with van der Waals surface area (Å²) in [6.45, 7) is 11.4. The van der Waals surface area contributed by atoms with Crippen molar-refractivity contribution in [2.24, 2.45) is 0 Å². The Balaban J connectivity index is 1.40. The standard InChI is InChI=1S/C39H49N5O4S/c1-24-22-30-35-33(32(24)34(37(45)46)48-39(2,3)4)26-11-12-31-28(23-26)25(16-21-47-31)10-8-6-7-9-18-43(5)27-14-19-44(20-15-27)38-40-17-13-29(42-38)36(41-30)49-35/h11-13,17,22-23,25,27,34H,6-10,14-16,18-21H2,1-5H3,(H,45,46). The number of ether oxygens (including phenoxy) is 2. The molecular weight excluding hydrogens is 635 g/mol. The molecule has 49 heavy (non-hydrogen) atoms. The van der Waals surface area contributed by atoms with Crippen LogP contribution < -0.4 is 9.64 Å². The summed E-state index contributed by atoms with van der Waals surface area (Å²) in [5.74, 6) is 1.06. The lowest BCUT2D eigenvalue weighted by atomic mass is 9.85. The molecule has 6 heterocycles. The minimum absolute atomic E-state index is 0.399. The minimum atomic E-state index is -1.15. The van der Waals surface area contributed by atoms with Gasteiger partial charge in [0.2, 0.25) is 5.95 Å². The van der Waals surface area contributed by atoms with Gasteiger partial charge in [0.1, 0.15) is 16.5 Å². The van der Waals surface area contributed by atoms with E-state index in [2.05, 4.69) is 40.0 Å². The summed E-state index contributed by atoms with van der Waals surface area (Å²) < 4.78 is 13.4. The van der Waals surface area contributed by atoms with Gasteiger partial charge >= 0.3 is 5.97 Å². The van der Waals surface area contributed by atoms with E-state index in [1.54, 1.807) is 11.3 Å². The molecule has 0 amide bonds. The van der Waals surface area contributed by atoms with E-state index in [-0.39, 0.29) is 0 Å². The summed E-state index contributed by atoms with van der Waals surface area (Å²) in [5, 5.41) is 11.4. The molecule has 1 N–H and O–H groups in total. The molecular formula is C39H49N5O4S. The Hall–Kier alpha value is -3.60. The Bertz CT molecular complexity index is 1830. The van der Waals surface area contributed by atoms with Crippen LogP contribution in [0.2, 0.25) is 0 Å². The molecule has 2 unspecified atom stereocenters. The third-order valence-electron chi connectivity index (χ3n) is 10.4. The fourth-order valence-corrected chi connectivity index (χ4v) is 8.96. The molecule has 4 aromatic rings. The number of carbonyl (C=O) groups is 1. The van der Waals surface area contributed by atoms with Gasteiger partial charge in [-0.05, 0) is 120 Å². The molecule has 1 fully saturated rings. The van der Waals surface area contributed by atoms with Crippen LogP contribution in [0.3, 0.4) is 0 Å². The molecule has 0 radical (unpaired) electrons. The van der Waals surface area contributed by atoms with Crippen molar-refractivity contribution in [2.75, 3.05) is 38.2 Å². The van der Waals surface area contributed by atoms with Crippen molar-refractivity contribution >= 4 is 33.5 Å². The van der Waals surface area contributed by atoms with Crippen molar-refractivity contribution in [3.05, 3.63) is 53.2 Å². The number of thiazole rings is 1. The lowest BCUT2D eigenvalue weighted by Gasteiger charge is -2.36. The zero-order valence-corrected chi connectivity index (χ0v) is 30.3. The van der Waals surface area contributed by atoms with E-state index in [0.717, 1.165) is 101 Å². The first-order valence-electron chi connectivity index (χ1n) is 18.0. The van der Waals surface area contributed by atoms with Crippen LogP contribution in [0.15, 0.2) is 36.5 Å². The van der Waals surface area contributed by atoms with Gasteiger partial charge in [-0.15, -0.1) is 11.3 Å². The number of benzene rings is 2. The van der Waals surface area contributed by atoms with Crippen molar-refractivity contribution < 1.29 is 19.4 Å². The van der Waals surface area contributed by atoms with E-state index in [1.807, 2.05) is 46.0 Å². The van der Waals surface area contributed by atoms with Gasteiger partial charge in [0, 0.05) is 36.5 Å². The van der Waals surface area contributed by atoms with Gasteiger partial charge in [-0.3, -0.25) is 0 Å². The molecule has 2 aromatic heterocycles. The minimum Gasteiger partial charge on any atom is -0.493 e. The van der Waals surface area contributed by atoms with Crippen LogP contribution in [-0.2, 0) is 9.53 Å². The van der Waals surface area contributed by atoms with E-state index in [1.165, 1.54) is 31.2 Å². The zero-order chi connectivity index (χ0) is 34.3. The van der Waals surface area contributed by atoms with Crippen LogP contribution in [0.4, 0.5) is 5.95 Å². The first-order chi connectivity index (χ1) is 23.6. The fraction of sp³-hybridized carbons (Fsp3) is 0.538. The van der Waals surface area contributed by atoms with Gasteiger partial charge in [0.15, 0.2) is 6.10 Å². The van der Waals surface area contributed by atoms with Crippen LogP contribution in [0, 0.1) is 6.92 Å². The van der Waals surface area contributed by atoms with Gasteiger partial charge in [0.25, 0.3) is 0 Å². The molecule has 0 aliphatic carbocycles. The van der Waals surface area contributed by atoms with Crippen molar-refractivity contribution in [1.29, 1.82) is 0 Å². The maximum Gasteiger partial charge on any atom is 0.337 e. The van der Waals surface area contributed by atoms with E-state index >= 15 is 0 Å². The summed E-state index contributed by atoms with van der Waals surface area (Å²) in [4.78, 5) is 32.7. The van der Waals surface area contributed by atoms with Crippen LogP contribution in [0.25, 0.3) is 32.0 Å². The van der Waals surface area contributed by atoms with Crippen molar-refractivity contribution in [3.63, 3.8) is 0 Å². The van der Waals surface area contributed by atoms with Crippen LogP contribution in [0.1, 0.15) is 101 Å². The topological polar surface area (TPSA) is 101 Å². The Morgan fingerprint density at radius 2 is 1.82 bits per heavy atom. The van der Waals surface area contributed by atoms with Crippen LogP contribution in [0.5, 0.6) is 5.75 Å². The largest absolute Gasteiger partial charge is 0.493 e. The highest BCUT2D eigenvalue weighted by molar-refractivity contribution is 7.22. The monoisotopic (exact) mass is 683 g/mol. The summed E-state index contributed by atoms with van der Waals surface area (Å²) in [7, 11) is 2.29. The molecule has 9 nitrogen and oxygen atoms in total. The van der Waals surface area contributed by atoms with E-state index in [0.29, 0.717) is 17.5 Å². The van der Waals surface area contributed by atoms with E-state index in [4.69, 9.17) is 19.4 Å². The van der Waals surface area contributed by atoms with Crippen molar-refractivity contribution in [3.8, 4) is 27.6 Å².